The zero-order chi connectivity index (χ0) is 30.9. The molecule has 2 atom stereocenters. The number of rotatable bonds is 29. The highest BCUT2D eigenvalue weighted by atomic mass is 32.2. The van der Waals surface area contributed by atoms with Gasteiger partial charge in [0.15, 0.2) is 0 Å². The minimum absolute atomic E-state index is 0.197. The smallest absolute Gasteiger partial charge is 0.296 e. The molecule has 1 heterocycles. The van der Waals surface area contributed by atoms with Crippen LogP contribution < -0.4 is 0 Å². The number of unbranched alkanes of at least 4 members (excludes halogenated alkanes) is 17. The van der Waals surface area contributed by atoms with Crippen molar-refractivity contribution in [3.8, 4) is 0 Å². The molecule has 2 rings (SSSR count). The third-order valence-electron chi connectivity index (χ3n) is 8.44. The first kappa shape index (κ1) is 38.2. The predicted molar refractivity (Wildman–Crippen MR) is 177 cm³/mol. The molecular formula is C36H64O6S. The molecule has 1 aromatic carbocycles. The topological polar surface area (TPSA) is 71.1 Å². The molecular weight excluding hydrogens is 560 g/mol. The van der Waals surface area contributed by atoms with Crippen LogP contribution in [-0.4, -0.2) is 54.2 Å². The number of ether oxygens (including phenoxy) is 3. The summed E-state index contributed by atoms with van der Waals surface area (Å²) >= 11 is 0. The van der Waals surface area contributed by atoms with Gasteiger partial charge in [0.2, 0.25) is 0 Å². The normalized spacial score (nSPS) is 17.2. The highest BCUT2D eigenvalue weighted by Crippen LogP contribution is 2.21. The van der Waals surface area contributed by atoms with Gasteiger partial charge in [0, 0.05) is 19.1 Å². The minimum Gasteiger partial charge on any atom is -0.381 e. The molecule has 7 heteroatoms. The fourth-order valence-electron chi connectivity index (χ4n) is 5.65. The molecule has 43 heavy (non-hydrogen) atoms. The molecule has 1 aromatic rings. The Balaban J connectivity index is 1.29. The van der Waals surface area contributed by atoms with E-state index in [9.17, 15) is 8.42 Å². The van der Waals surface area contributed by atoms with Crippen molar-refractivity contribution >= 4 is 10.1 Å². The SMILES string of the molecule is CCCCCCCCCCCCCCCCCCOCC1CC(COCCCCCOS(=O)(=O)c2ccc(C)cc2)CO1. The summed E-state index contributed by atoms with van der Waals surface area (Å²) in [6.07, 6.45) is 25.9. The van der Waals surface area contributed by atoms with E-state index in [0.29, 0.717) is 32.2 Å². The van der Waals surface area contributed by atoms with E-state index in [-0.39, 0.29) is 17.6 Å². The lowest BCUT2D eigenvalue weighted by atomic mass is 10.0. The third-order valence-corrected chi connectivity index (χ3v) is 9.77. The van der Waals surface area contributed by atoms with Crippen LogP contribution >= 0.6 is 0 Å². The number of hydrogen-bond acceptors (Lipinski definition) is 6. The van der Waals surface area contributed by atoms with Crippen molar-refractivity contribution in [2.45, 2.75) is 153 Å². The van der Waals surface area contributed by atoms with E-state index >= 15 is 0 Å². The van der Waals surface area contributed by atoms with Gasteiger partial charge in [-0.15, -0.1) is 0 Å². The molecule has 0 radical (unpaired) electrons. The Labute approximate surface area is 265 Å². The van der Waals surface area contributed by atoms with Crippen LogP contribution in [0.2, 0.25) is 0 Å². The average Bonchev–Trinajstić information content (AvgIpc) is 3.45. The Morgan fingerprint density at radius 1 is 0.651 bits per heavy atom. The minimum atomic E-state index is -3.67. The summed E-state index contributed by atoms with van der Waals surface area (Å²) in [5.41, 5.74) is 1.02. The van der Waals surface area contributed by atoms with E-state index in [4.69, 9.17) is 18.4 Å². The Morgan fingerprint density at radius 2 is 1.12 bits per heavy atom. The maximum Gasteiger partial charge on any atom is 0.296 e. The molecule has 6 nitrogen and oxygen atoms in total. The summed E-state index contributed by atoms with van der Waals surface area (Å²) in [6.45, 7) is 8.10. The molecule has 0 N–H and O–H groups in total. The molecule has 1 saturated heterocycles. The number of hydrogen-bond donors (Lipinski definition) is 0. The molecule has 1 aliphatic heterocycles. The van der Waals surface area contributed by atoms with Crippen molar-refractivity contribution in [3.63, 3.8) is 0 Å². The second-order valence-corrected chi connectivity index (χ2v) is 14.3. The quantitative estimate of drug-likeness (QED) is 0.0653. The van der Waals surface area contributed by atoms with E-state index in [2.05, 4.69) is 6.92 Å². The molecule has 1 aliphatic rings. The molecule has 0 amide bonds. The van der Waals surface area contributed by atoms with Gasteiger partial charge in [-0.1, -0.05) is 121 Å². The van der Waals surface area contributed by atoms with E-state index in [0.717, 1.165) is 44.5 Å². The van der Waals surface area contributed by atoms with Crippen LogP contribution in [0.25, 0.3) is 0 Å². The van der Waals surface area contributed by atoms with Gasteiger partial charge in [-0.2, -0.15) is 8.42 Å². The van der Waals surface area contributed by atoms with Gasteiger partial charge in [-0.3, -0.25) is 4.18 Å². The summed E-state index contributed by atoms with van der Waals surface area (Å²) in [5, 5.41) is 0. The van der Waals surface area contributed by atoms with Gasteiger partial charge in [0.25, 0.3) is 10.1 Å². The van der Waals surface area contributed by atoms with Crippen LogP contribution in [0, 0.1) is 12.8 Å². The van der Waals surface area contributed by atoms with Crippen LogP contribution in [0.4, 0.5) is 0 Å². The molecule has 1 fully saturated rings. The van der Waals surface area contributed by atoms with Gasteiger partial charge in [-0.05, 0) is 51.2 Å². The highest BCUT2D eigenvalue weighted by Gasteiger charge is 2.25. The molecule has 0 aliphatic carbocycles. The van der Waals surface area contributed by atoms with Gasteiger partial charge >= 0.3 is 0 Å². The van der Waals surface area contributed by atoms with Crippen molar-refractivity contribution < 1.29 is 26.8 Å². The second-order valence-electron chi connectivity index (χ2n) is 12.7. The highest BCUT2D eigenvalue weighted by molar-refractivity contribution is 7.86. The Hall–Kier alpha value is -0.990. The van der Waals surface area contributed by atoms with Crippen LogP contribution in [0.3, 0.4) is 0 Å². The van der Waals surface area contributed by atoms with Gasteiger partial charge in [0.1, 0.15) is 0 Å². The molecule has 0 bridgehead atoms. The molecule has 250 valence electrons. The molecule has 0 aromatic heterocycles. The van der Waals surface area contributed by atoms with Crippen LogP contribution in [0.1, 0.15) is 141 Å². The maximum absolute atomic E-state index is 12.2. The fraction of sp³-hybridized carbons (Fsp3) is 0.833. The summed E-state index contributed by atoms with van der Waals surface area (Å²) < 4.78 is 47.2. The second kappa shape index (κ2) is 25.2. The molecule has 0 saturated carbocycles. The lowest BCUT2D eigenvalue weighted by Crippen LogP contribution is -2.15. The monoisotopic (exact) mass is 624 g/mol. The lowest BCUT2D eigenvalue weighted by Gasteiger charge is -2.11. The van der Waals surface area contributed by atoms with Crippen LogP contribution in [0.5, 0.6) is 0 Å². The first-order valence-corrected chi connectivity index (χ1v) is 19.1. The van der Waals surface area contributed by atoms with Crippen LogP contribution in [-0.2, 0) is 28.5 Å². The summed E-state index contributed by atoms with van der Waals surface area (Å²) in [4.78, 5) is 0.212. The van der Waals surface area contributed by atoms with Crippen molar-refractivity contribution in [2.24, 2.45) is 5.92 Å². The van der Waals surface area contributed by atoms with Crippen molar-refractivity contribution in [1.29, 1.82) is 0 Å². The lowest BCUT2D eigenvalue weighted by molar-refractivity contribution is 0.0141. The first-order valence-electron chi connectivity index (χ1n) is 17.7. The summed E-state index contributed by atoms with van der Waals surface area (Å²) in [7, 11) is -3.67. The standard InChI is InChI=1S/C36H64O6S/c1-3-4-5-6-7-8-9-10-11-12-13-14-15-16-17-19-27-40-32-35-29-34(31-41-35)30-39-26-20-18-21-28-42-43(37,38)36-24-22-33(2)23-25-36/h22-25,34-35H,3-21,26-32H2,1-2H3. The van der Waals surface area contributed by atoms with E-state index in [1.807, 2.05) is 6.92 Å². The summed E-state index contributed by atoms with van der Waals surface area (Å²) in [6, 6.07) is 6.73. The van der Waals surface area contributed by atoms with Crippen molar-refractivity contribution in [3.05, 3.63) is 29.8 Å². The first-order chi connectivity index (χ1) is 21.0. The van der Waals surface area contributed by atoms with E-state index in [1.54, 1.807) is 24.3 Å². The largest absolute Gasteiger partial charge is 0.381 e. The maximum atomic E-state index is 12.2. The van der Waals surface area contributed by atoms with Gasteiger partial charge in [0.05, 0.1) is 37.4 Å². The third kappa shape index (κ3) is 19.9. The Morgan fingerprint density at radius 3 is 1.67 bits per heavy atom. The Kier molecular flexibility index (Phi) is 22.4. The van der Waals surface area contributed by atoms with E-state index in [1.165, 1.54) is 96.3 Å². The predicted octanol–water partition coefficient (Wildman–Crippen LogP) is 9.57. The number of aryl methyl sites for hydroxylation is 1. The van der Waals surface area contributed by atoms with Gasteiger partial charge in [-0.25, -0.2) is 0 Å². The molecule has 0 spiro atoms. The van der Waals surface area contributed by atoms with Crippen molar-refractivity contribution in [2.75, 3.05) is 39.6 Å². The van der Waals surface area contributed by atoms with Crippen LogP contribution in [0.15, 0.2) is 29.2 Å². The van der Waals surface area contributed by atoms with E-state index < -0.39 is 10.1 Å². The van der Waals surface area contributed by atoms with Crippen molar-refractivity contribution in [1.82, 2.24) is 0 Å². The fourth-order valence-corrected chi connectivity index (χ4v) is 6.60. The Bertz CT molecular complexity index is 872. The van der Waals surface area contributed by atoms with Gasteiger partial charge < -0.3 is 14.2 Å². The molecule has 2 unspecified atom stereocenters. The summed E-state index contributed by atoms with van der Waals surface area (Å²) in [5.74, 6) is 0.437. The zero-order valence-electron chi connectivity index (χ0n) is 27.7. The zero-order valence-corrected chi connectivity index (χ0v) is 28.5. The average molecular weight is 625 g/mol. The number of benzene rings is 1.